The van der Waals surface area contributed by atoms with Crippen molar-refractivity contribution in [1.82, 2.24) is 63.0 Å². The first-order valence-electron chi connectivity index (χ1n) is 42.7. The Hall–Kier alpha value is -7.63. The number of rotatable bonds is 19. The quantitative estimate of drug-likeness (QED) is 0.0535. The number of carbonyl (C=O) groups is 10. The minimum atomic E-state index is -0.496. The van der Waals surface area contributed by atoms with Gasteiger partial charge in [-0.25, -0.2) is 4.79 Å². The van der Waals surface area contributed by atoms with Crippen LogP contribution < -0.4 is 53.2 Å². The summed E-state index contributed by atoms with van der Waals surface area (Å²) in [7, 11) is 2.11. The Labute approximate surface area is 714 Å². The highest BCUT2D eigenvalue weighted by Gasteiger charge is 2.32. The Morgan fingerprint density at radius 2 is 0.778 bits per heavy atom. The van der Waals surface area contributed by atoms with Gasteiger partial charge in [-0.2, -0.15) is 0 Å². The number of halogens is 1. The van der Waals surface area contributed by atoms with Gasteiger partial charge in [0.15, 0.2) is 0 Å². The van der Waals surface area contributed by atoms with Crippen molar-refractivity contribution in [3.63, 3.8) is 0 Å². The molecule has 23 nitrogen and oxygen atoms in total. The predicted molar refractivity (Wildman–Crippen MR) is 484 cm³/mol. The molecule has 0 spiro atoms. The van der Waals surface area contributed by atoms with Crippen molar-refractivity contribution < 1.29 is 52.7 Å². The Morgan fingerprint density at radius 1 is 0.419 bits per heavy atom. The molecule has 670 valence electrons. The molecule has 3 aliphatic heterocycles. The molecule has 5 fully saturated rings. The largest absolute Gasteiger partial charge is 0.444 e. The van der Waals surface area contributed by atoms with Crippen LogP contribution in [0.4, 0.5) is 4.79 Å². The molecule has 2 aliphatic carbocycles. The second-order valence-electron chi connectivity index (χ2n) is 35.0. The Balaban J connectivity index is -0.00000125. The van der Waals surface area contributed by atoms with E-state index in [4.69, 9.17) is 16.3 Å². The average molecular weight is 1660 g/mol. The first-order valence-corrected chi connectivity index (χ1v) is 43.1. The summed E-state index contributed by atoms with van der Waals surface area (Å²) in [6.45, 7) is 52.2. The maximum absolute atomic E-state index is 12.0. The second kappa shape index (κ2) is 63.4. The summed E-state index contributed by atoms with van der Waals surface area (Å²) < 4.78 is 5.34. The minimum Gasteiger partial charge on any atom is -0.444 e. The Kier molecular flexibility index (Phi) is 61.5. The van der Waals surface area contributed by atoms with Gasteiger partial charge in [0, 0.05) is 114 Å². The fourth-order valence-corrected chi connectivity index (χ4v) is 12.4. The van der Waals surface area contributed by atoms with Gasteiger partial charge in [-0.05, 0) is 297 Å². The number of nitrogens with zero attached hydrogens (tertiary/aromatic N) is 2. The van der Waals surface area contributed by atoms with E-state index in [0.29, 0.717) is 53.5 Å². The van der Waals surface area contributed by atoms with Crippen molar-refractivity contribution in [3.05, 3.63) is 107 Å². The van der Waals surface area contributed by atoms with E-state index in [1.165, 1.54) is 25.7 Å². The van der Waals surface area contributed by atoms with Crippen molar-refractivity contribution >= 4 is 70.9 Å². The van der Waals surface area contributed by atoms with Crippen molar-refractivity contribution in [3.8, 4) is 0 Å². The number of piperidine rings is 3. The first-order chi connectivity index (χ1) is 53.8. The lowest BCUT2D eigenvalue weighted by Crippen LogP contribution is -2.48. The molecule has 117 heavy (non-hydrogen) atoms. The number of carbonyl (C=O) groups excluding carboxylic acids is 10. The lowest BCUT2D eigenvalue weighted by molar-refractivity contribution is -0.127. The van der Waals surface area contributed by atoms with E-state index in [1.54, 1.807) is 41.3 Å². The molecule has 10 amide bonds. The SMILES string of the molecule is C.C.CC(C)NC(=O)C(C)C.CC(C)NC(=O)C1CCCC1.CC(C)NC(=O)C1CCCN(C(=O)OC(C)(C)C)C1.CC(C)NC(=O)C1CCCNC1.CC(C)NC(=O)C1CCN(C)CC1.CC(C)NC(=O)Cc1ccccc1.CC(C)NC(=O)c1ccc(Cl)cc1.CC(C)NC(=O)c1ccccc1.CC1CCC(C(=O)NC(C)C)CC1. The molecule has 24 heteroatoms. The van der Waals surface area contributed by atoms with E-state index in [0.717, 1.165) is 102 Å². The van der Waals surface area contributed by atoms with Crippen LogP contribution in [0, 0.1) is 41.4 Å². The van der Waals surface area contributed by atoms with Crippen molar-refractivity contribution in [2.75, 3.05) is 46.3 Å². The van der Waals surface area contributed by atoms with Crippen molar-refractivity contribution in [2.45, 2.75) is 337 Å². The molecule has 3 saturated heterocycles. The molecular weight excluding hydrogens is 1500 g/mol. The third-order valence-electron chi connectivity index (χ3n) is 18.1. The normalized spacial score (nSPS) is 17.1. The van der Waals surface area contributed by atoms with Gasteiger partial charge in [0.05, 0.1) is 18.3 Å². The number of benzene rings is 3. The fraction of sp³-hybridized carbons (Fsp3) is 0.699. The molecule has 0 aromatic heterocycles. The molecule has 2 unspecified atom stereocenters. The monoisotopic (exact) mass is 1660 g/mol. The molecule has 0 bridgehead atoms. The molecule has 2 saturated carbocycles. The van der Waals surface area contributed by atoms with Gasteiger partial charge in [0.1, 0.15) is 5.60 Å². The summed E-state index contributed by atoms with van der Waals surface area (Å²) in [5, 5.41) is 29.9. The maximum atomic E-state index is 12.0. The summed E-state index contributed by atoms with van der Waals surface area (Å²) in [5.74, 6) is 3.00. The Bertz CT molecular complexity index is 3150. The van der Waals surface area contributed by atoms with Gasteiger partial charge < -0.3 is 67.7 Å². The standard InChI is InChI=1S/C14H26N2O3.C11H21NO.C11H15NO.C10H12ClNO.C10H20N2O.C10H13NO.C9H18N2O.C9H17NO.C7H15NO.2CH4/c1-10(2)15-12(17)11-7-6-8-16(9-11)13(18)19-14(3,4)5;1-8(2)12-11(13)10-6-4-9(3)5-7-10;1-9(2)12-11(13)8-10-6-4-3-5-7-10;1-7(2)12-10(13)8-3-5-9(11)6-4-8;1-8(2)11-10(13)9-4-6-12(3)7-5-9;1-8(2)11-10(12)9-6-4-3-5-7-9;1-7(2)11-9(12)8-4-3-5-10-6-8;1-7(2)10-9(11)8-5-3-4-6-8;1-5(2)7(9)8-6(3)4;;/h10-11H,6-9H2,1-5H3,(H,15,17);8-10H,4-7H2,1-3H3,(H,12,13);3-7,9H,8H2,1-2H3,(H,12,13);3-7H,1-2H3,(H,12,13);8-9H,4-7H2,1-3H3,(H,11,13);3-8H,1-2H3,(H,11,12);7-8,10H,3-6H2,1-2H3,(H,11,12);7-8H,3-6H2,1-2H3,(H,10,11);5-6H,1-4H3,(H,8,9);2*1H4. The summed E-state index contributed by atoms with van der Waals surface area (Å²) in [6, 6.07) is 27.9. The van der Waals surface area contributed by atoms with Gasteiger partial charge in [-0.3, -0.25) is 43.2 Å². The molecular formula is C93H165ClN12O11. The average Bonchev–Trinajstić information content (AvgIpc) is 1.14. The number of likely N-dealkylation sites (tertiary alicyclic amines) is 2. The third kappa shape index (κ3) is 58.8. The first kappa shape index (κ1) is 114. The zero-order valence-corrected chi connectivity index (χ0v) is 76.2. The van der Waals surface area contributed by atoms with E-state index in [-0.39, 0.29) is 146 Å². The van der Waals surface area contributed by atoms with Crippen LogP contribution in [0.2, 0.25) is 5.02 Å². The van der Waals surface area contributed by atoms with E-state index < -0.39 is 5.60 Å². The fourth-order valence-electron chi connectivity index (χ4n) is 12.2. The van der Waals surface area contributed by atoms with E-state index in [9.17, 15) is 47.9 Å². The predicted octanol–water partition coefficient (Wildman–Crippen LogP) is 16.1. The van der Waals surface area contributed by atoms with E-state index >= 15 is 0 Å². The van der Waals surface area contributed by atoms with Crippen LogP contribution in [0.3, 0.4) is 0 Å². The van der Waals surface area contributed by atoms with Gasteiger partial charge in [-0.1, -0.05) is 109 Å². The van der Waals surface area contributed by atoms with Crippen LogP contribution in [0.5, 0.6) is 0 Å². The molecule has 3 aromatic rings. The molecule has 2 atom stereocenters. The highest BCUT2D eigenvalue weighted by molar-refractivity contribution is 6.30. The highest BCUT2D eigenvalue weighted by atomic mass is 35.5. The van der Waals surface area contributed by atoms with E-state index in [2.05, 4.69) is 72.0 Å². The van der Waals surface area contributed by atoms with Gasteiger partial charge in [-0.15, -0.1) is 0 Å². The maximum Gasteiger partial charge on any atom is 0.410 e. The summed E-state index contributed by atoms with van der Waals surface area (Å²) >= 11 is 5.69. The lowest BCUT2D eigenvalue weighted by Gasteiger charge is -2.33. The van der Waals surface area contributed by atoms with Gasteiger partial charge in [0.25, 0.3) is 11.8 Å². The Morgan fingerprint density at radius 3 is 1.15 bits per heavy atom. The van der Waals surface area contributed by atoms with Crippen molar-refractivity contribution in [1.29, 1.82) is 0 Å². The number of ether oxygens (including phenoxy) is 1. The molecule has 5 aliphatic rings. The molecule has 3 aromatic carbocycles. The van der Waals surface area contributed by atoms with Crippen LogP contribution in [0.15, 0.2) is 84.9 Å². The van der Waals surface area contributed by atoms with Crippen LogP contribution in [0.25, 0.3) is 0 Å². The van der Waals surface area contributed by atoms with Crippen molar-refractivity contribution in [2.24, 2.45) is 41.4 Å². The summed E-state index contributed by atoms with van der Waals surface area (Å²) in [5.41, 5.74) is 1.91. The van der Waals surface area contributed by atoms with Gasteiger partial charge in [0.2, 0.25) is 41.4 Å². The third-order valence-corrected chi connectivity index (χ3v) is 18.3. The molecule has 3 heterocycles. The summed E-state index contributed by atoms with van der Waals surface area (Å²) in [4.78, 5) is 119. The zero-order chi connectivity index (χ0) is 87.5. The molecule has 8 rings (SSSR count). The smallest absolute Gasteiger partial charge is 0.410 e. The number of hydrogen-bond acceptors (Lipinski definition) is 13. The molecule has 0 radical (unpaired) electrons. The number of nitrogens with one attached hydrogen (secondary N) is 10. The van der Waals surface area contributed by atoms with Crippen LogP contribution in [0.1, 0.15) is 297 Å². The van der Waals surface area contributed by atoms with Crippen LogP contribution in [-0.4, -0.2) is 175 Å². The lowest BCUT2D eigenvalue weighted by atomic mass is 9.82. The van der Waals surface area contributed by atoms with E-state index in [1.807, 2.05) is 208 Å². The van der Waals surface area contributed by atoms with Crippen LogP contribution >= 0.6 is 11.6 Å². The molecule has 10 N–H and O–H groups in total. The number of amides is 10. The highest BCUT2D eigenvalue weighted by Crippen LogP contribution is 2.29. The van der Waals surface area contributed by atoms with Gasteiger partial charge >= 0.3 is 6.09 Å². The topological polar surface area (TPSA) is 307 Å². The zero-order valence-electron chi connectivity index (χ0n) is 75.4. The minimum absolute atomic E-state index is 0. The number of hydrogen-bond donors (Lipinski definition) is 10. The second-order valence-corrected chi connectivity index (χ2v) is 35.4. The van der Waals surface area contributed by atoms with Crippen LogP contribution in [-0.2, 0) is 44.7 Å². The summed E-state index contributed by atoms with van der Waals surface area (Å²) in [6.07, 6.45) is 15.3.